The van der Waals surface area contributed by atoms with Crippen LogP contribution in [0, 0.1) is 0 Å². The van der Waals surface area contributed by atoms with E-state index in [0.717, 1.165) is 22.0 Å². The molecular formula is C24H21ClNO2+. The molecular weight excluding hydrogens is 370 g/mol. The largest absolute Gasteiger partial charge is 0.493 e. The van der Waals surface area contributed by atoms with Crippen molar-refractivity contribution in [3.8, 4) is 33.9 Å². The average molecular weight is 391 g/mol. The molecule has 3 nitrogen and oxygen atoms in total. The molecule has 28 heavy (non-hydrogen) atoms. The molecule has 3 aromatic carbocycles. The number of ether oxygens (including phenoxy) is 2. The van der Waals surface area contributed by atoms with Gasteiger partial charge in [0.1, 0.15) is 7.05 Å². The third-order valence-corrected chi connectivity index (χ3v) is 5.45. The quantitative estimate of drug-likeness (QED) is 0.331. The highest BCUT2D eigenvalue weighted by Gasteiger charge is 2.20. The lowest BCUT2D eigenvalue weighted by Gasteiger charge is -2.11. The van der Waals surface area contributed by atoms with Crippen molar-refractivity contribution in [3.05, 3.63) is 77.9 Å². The van der Waals surface area contributed by atoms with Gasteiger partial charge in [-0.05, 0) is 52.4 Å². The highest BCUT2D eigenvalue weighted by Crippen LogP contribution is 2.36. The van der Waals surface area contributed by atoms with Crippen LogP contribution in [-0.2, 0) is 7.05 Å². The molecule has 0 radical (unpaired) electrons. The van der Waals surface area contributed by atoms with Crippen molar-refractivity contribution < 1.29 is 14.0 Å². The van der Waals surface area contributed by atoms with E-state index in [1.54, 1.807) is 14.2 Å². The maximum absolute atomic E-state index is 6.73. The fourth-order valence-corrected chi connectivity index (χ4v) is 3.74. The van der Waals surface area contributed by atoms with Gasteiger partial charge in [-0.2, -0.15) is 4.57 Å². The van der Waals surface area contributed by atoms with E-state index in [-0.39, 0.29) is 0 Å². The molecule has 4 heteroatoms. The summed E-state index contributed by atoms with van der Waals surface area (Å²) < 4.78 is 12.9. The molecule has 140 valence electrons. The lowest BCUT2D eigenvalue weighted by atomic mass is 10.0. The minimum absolute atomic E-state index is 0.651. The summed E-state index contributed by atoms with van der Waals surface area (Å²) in [6.45, 7) is 0. The van der Waals surface area contributed by atoms with Gasteiger partial charge < -0.3 is 9.47 Å². The summed E-state index contributed by atoms with van der Waals surface area (Å²) >= 11 is 6.73. The van der Waals surface area contributed by atoms with Gasteiger partial charge in [-0.25, -0.2) is 0 Å². The van der Waals surface area contributed by atoms with Crippen molar-refractivity contribution in [2.45, 2.75) is 0 Å². The summed E-state index contributed by atoms with van der Waals surface area (Å²) in [6, 6.07) is 24.9. The molecule has 0 aliphatic rings. The summed E-state index contributed by atoms with van der Waals surface area (Å²) in [7, 11) is 5.24. The first kappa shape index (κ1) is 18.3. The average Bonchev–Trinajstić information content (AvgIpc) is 2.76. The molecule has 0 saturated carbocycles. The molecule has 0 saturated heterocycles. The van der Waals surface area contributed by atoms with Crippen LogP contribution in [0.1, 0.15) is 0 Å². The van der Waals surface area contributed by atoms with E-state index in [4.69, 9.17) is 21.1 Å². The Kier molecular flexibility index (Phi) is 4.93. The maximum Gasteiger partial charge on any atom is 0.283 e. The summed E-state index contributed by atoms with van der Waals surface area (Å²) in [6.07, 6.45) is 0. The number of methoxy groups -OCH3 is 2. The topological polar surface area (TPSA) is 22.3 Å². The second-order valence-electron chi connectivity index (χ2n) is 6.62. The lowest BCUT2D eigenvalue weighted by Crippen LogP contribution is -2.32. The van der Waals surface area contributed by atoms with Crippen molar-refractivity contribution in [1.29, 1.82) is 0 Å². The van der Waals surface area contributed by atoms with Crippen LogP contribution < -0.4 is 14.0 Å². The second kappa shape index (κ2) is 7.53. The molecule has 0 unspecified atom stereocenters. The predicted molar refractivity (Wildman–Crippen MR) is 114 cm³/mol. The van der Waals surface area contributed by atoms with Crippen LogP contribution in [-0.4, -0.2) is 14.2 Å². The zero-order valence-electron chi connectivity index (χ0n) is 16.1. The number of rotatable bonds is 4. The van der Waals surface area contributed by atoms with Gasteiger partial charge in [-0.15, -0.1) is 0 Å². The molecule has 0 bridgehead atoms. The van der Waals surface area contributed by atoms with Gasteiger partial charge >= 0.3 is 0 Å². The summed E-state index contributed by atoms with van der Waals surface area (Å²) in [5.41, 5.74) is 4.48. The maximum atomic E-state index is 6.73. The standard InChI is InChI=1S/C24H21ClNO2/c1-26-21(18-11-7-10-17(12-18)16-8-5-4-6-9-16)13-19-14-22(27-2)23(28-3)15-20(19)24(26)25/h4-15H,1-3H3/q+1. The number of hydrogen-bond acceptors (Lipinski definition) is 2. The molecule has 1 heterocycles. The number of aromatic nitrogens is 1. The summed E-state index contributed by atoms with van der Waals surface area (Å²) in [5, 5.41) is 2.57. The van der Waals surface area contributed by atoms with Crippen LogP contribution in [0.25, 0.3) is 33.2 Å². The molecule has 0 aliphatic carbocycles. The summed E-state index contributed by atoms with van der Waals surface area (Å²) in [5.74, 6) is 1.35. The molecule has 0 N–H and O–H groups in total. The Morgan fingerprint density at radius 2 is 1.36 bits per heavy atom. The van der Waals surface area contributed by atoms with Crippen LogP contribution >= 0.6 is 11.6 Å². The van der Waals surface area contributed by atoms with Gasteiger partial charge in [0.15, 0.2) is 11.5 Å². The van der Waals surface area contributed by atoms with Gasteiger partial charge in [0.25, 0.3) is 5.15 Å². The number of fused-ring (bicyclic) bond motifs is 1. The van der Waals surface area contributed by atoms with E-state index in [2.05, 4.69) is 54.6 Å². The Balaban J connectivity index is 1.91. The monoisotopic (exact) mass is 390 g/mol. The third-order valence-electron chi connectivity index (χ3n) is 4.99. The minimum atomic E-state index is 0.651. The zero-order valence-corrected chi connectivity index (χ0v) is 16.8. The van der Waals surface area contributed by atoms with Crippen LogP contribution in [0.3, 0.4) is 0 Å². The first-order valence-electron chi connectivity index (χ1n) is 9.02. The molecule has 0 aliphatic heterocycles. The van der Waals surface area contributed by atoms with Crippen molar-refractivity contribution in [2.75, 3.05) is 14.2 Å². The summed E-state index contributed by atoms with van der Waals surface area (Å²) in [4.78, 5) is 0. The number of pyridine rings is 1. The van der Waals surface area contributed by atoms with Gasteiger partial charge in [-0.1, -0.05) is 42.5 Å². The molecule has 0 amide bonds. The van der Waals surface area contributed by atoms with E-state index in [0.29, 0.717) is 16.7 Å². The van der Waals surface area contributed by atoms with Crippen molar-refractivity contribution in [2.24, 2.45) is 7.05 Å². The molecule has 0 fully saturated rings. The highest BCUT2D eigenvalue weighted by molar-refractivity contribution is 6.33. The molecule has 0 spiro atoms. The van der Waals surface area contributed by atoms with Crippen LogP contribution in [0.2, 0.25) is 5.15 Å². The number of halogens is 1. The van der Waals surface area contributed by atoms with Crippen molar-refractivity contribution in [3.63, 3.8) is 0 Å². The first-order chi connectivity index (χ1) is 13.6. The number of nitrogens with zero attached hydrogens (tertiary/aromatic N) is 1. The second-order valence-corrected chi connectivity index (χ2v) is 6.98. The molecule has 1 aromatic heterocycles. The Hall–Kier alpha value is -3.04. The number of hydrogen-bond donors (Lipinski definition) is 0. The fourth-order valence-electron chi connectivity index (χ4n) is 3.49. The van der Waals surface area contributed by atoms with E-state index in [1.807, 2.05) is 29.8 Å². The van der Waals surface area contributed by atoms with E-state index in [9.17, 15) is 0 Å². The Morgan fingerprint density at radius 3 is 2.07 bits per heavy atom. The van der Waals surface area contributed by atoms with Crippen molar-refractivity contribution in [1.82, 2.24) is 0 Å². The van der Waals surface area contributed by atoms with E-state index >= 15 is 0 Å². The van der Waals surface area contributed by atoms with Gasteiger partial charge in [0.05, 0.1) is 19.6 Å². The Morgan fingerprint density at radius 1 is 0.714 bits per heavy atom. The minimum Gasteiger partial charge on any atom is -0.493 e. The third kappa shape index (κ3) is 3.19. The van der Waals surface area contributed by atoms with Crippen molar-refractivity contribution >= 4 is 22.4 Å². The van der Waals surface area contributed by atoms with Gasteiger partial charge in [-0.3, -0.25) is 0 Å². The molecule has 4 aromatic rings. The Bertz CT molecular complexity index is 1160. The smallest absolute Gasteiger partial charge is 0.283 e. The number of benzene rings is 3. The highest BCUT2D eigenvalue weighted by atomic mass is 35.5. The zero-order chi connectivity index (χ0) is 19.7. The van der Waals surface area contributed by atoms with E-state index in [1.165, 1.54) is 11.1 Å². The Labute approximate surface area is 169 Å². The van der Waals surface area contributed by atoms with Crippen LogP contribution in [0.15, 0.2) is 72.8 Å². The van der Waals surface area contributed by atoms with Crippen LogP contribution in [0.4, 0.5) is 0 Å². The molecule has 0 atom stereocenters. The van der Waals surface area contributed by atoms with Gasteiger partial charge in [0, 0.05) is 11.6 Å². The fraction of sp³-hybridized carbons (Fsp3) is 0.125. The van der Waals surface area contributed by atoms with Crippen LogP contribution in [0.5, 0.6) is 11.5 Å². The molecule has 4 rings (SSSR count). The SMILES string of the molecule is COc1cc2cc(-c3cccc(-c4ccccc4)c3)[n+](C)c(Cl)c2cc1OC. The lowest BCUT2D eigenvalue weighted by molar-refractivity contribution is -0.656. The first-order valence-corrected chi connectivity index (χ1v) is 9.40. The normalized spacial score (nSPS) is 10.9. The van der Waals surface area contributed by atoms with E-state index < -0.39 is 0 Å². The van der Waals surface area contributed by atoms with Gasteiger partial charge in [0.2, 0.25) is 5.69 Å². The predicted octanol–water partition coefficient (Wildman–Crippen LogP) is 5.67.